The van der Waals surface area contributed by atoms with Crippen molar-refractivity contribution in [1.29, 1.82) is 0 Å². The van der Waals surface area contributed by atoms with E-state index in [0.717, 1.165) is 4.57 Å². The van der Waals surface area contributed by atoms with Crippen molar-refractivity contribution in [3.63, 3.8) is 0 Å². The number of fused-ring (bicyclic) bond motifs is 1. The second kappa shape index (κ2) is 5.18. The highest BCUT2D eigenvalue weighted by molar-refractivity contribution is 5.70. The fourth-order valence-electron chi connectivity index (χ4n) is 2.43. The Hall–Kier alpha value is -2.71. The van der Waals surface area contributed by atoms with Gasteiger partial charge in [0.2, 0.25) is 5.89 Å². The monoisotopic (exact) mass is 318 g/mol. The molecule has 122 valence electrons. The molecule has 0 fully saturated rings. The molecule has 3 aromatic rings. The highest BCUT2D eigenvalue weighted by Gasteiger charge is 2.22. The van der Waals surface area contributed by atoms with Crippen LogP contribution in [0.4, 0.5) is 0 Å². The molecule has 23 heavy (non-hydrogen) atoms. The molecule has 0 aliphatic rings. The van der Waals surface area contributed by atoms with Crippen LogP contribution in [0.3, 0.4) is 0 Å². The lowest BCUT2D eigenvalue weighted by Crippen LogP contribution is -2.37. The van der Waals surface area contributed by atoms with E-state index in [1.54, 1.807) is 11.6 Å². The zero-order valence-electron chi connectivity index (χ0n) is 13.6. The Morgan fingerprint density at radius 3 is 2.43 bits per heavy atom. The minimum absolute atomic E-state index is 0.146. The van der Waals surface area contributed by atoms with Crippen LogP contribution in [0, 0.1) is 0 Å². The van der Waals surface area contributed by atoms with Gasteiger partial charge in [-0.1, -0.05) is 19.0 Å². The summed E-state index contributed by atoms with van der Waals surface area (Å²) in [6.45, 7) is 5.78. The fourth-order valence-corrected chi connectivity index (χ4v) is 2.43. The van der Waals surface area contributed by atoms with Crippen LogP contribution in [0.15, 0.2) is 20.4 Å². The molecule has 0 saturated carbocycles. The summed E-state index contributed by atoms with van der Waals surface area (Å²) < 4.78 is 9.34. The molecule has 9 heteroatoms. The normalized spacial score (nSPS) is 13.1. The minimum Gasteiger partial charge on any atom is -0.337 e. The smallest absolute Gasteiger partial charge is 0.332 e. The fraction of sp³-hybridized carbons (Fsp3) is 0.500. The summed E-state index contributed by atoms with van der Waals surface area (Å²) in [5.41, 5.74) is -0.170. The zero-order chi connectivity index (χ0) is 16.9. The lowest BCUT2D eigenvalue weighted by Gasteiger charge is -2.10. The van der Waals surface area contributed by atoms with Gasteiger partial charge in [0.05, 0.1) is 6.33 Å². The third kappa shape index (κ3) is 2.19. The number of imidazole rings is 1. The molecule has 0 radical (unpaired) electrons. The maximum atomic E-state index is 12.5. The van der Waals surface area contributed by atoms with Gasteiger partial charge in [-0.2, -0.15) is 4.98 Å². The Balaban J connectivity index is 2.20. The van der Waals surface area contributed by atoms with Gasteiger partial charge in [0, 0.05) is 20.0 Å². The molecule has 0 bridgehead atoms. The molecule has 3 heterocycles. The van der Waals surface area contributed by atoms with Gasteiger partial charge in [0.15, 0.2) is 17.0 Å². The van der Waals surface area contributed by atoms with Gasteiger partial charge in [-0.25, -0.2) is 9.78 Å². The summed E-state index contributed by atoms with van der Waals surface area (Å²) in [5, 5.41) is 3.94. The Morgan fingerprint density at radius 2 is 1.83 bits per heavy atom. The van der Waals surface area contributed by atoms with Gasteiger partial charge in [-0.05, 0) is 6.92 Å². The maximum absolute atomic E-state index is 12.5. The van der Waals surface area contributed by atoms with Gasteiger partial charge in [0.1, 0.15) is 6.04 Å². The standard InChI is InChI=1S/C14H18N6O3/c1-7(2)10-16-12(23-17-10)8(3)20-6-15-11-9(20)13(21)19(5)14(22)18(11)4/h6-8H,1-5H3/t8-/m0/s1. The van der Waals surface area contributed by atoms with E-state index in [1.165, 1.54) is 17.9 Å². The number of hydrogen-bond acceptors (Lipinski definition) is 6. The predicted molar refractivity (Wildman–Crippen MR) is 82.4 cm³/mol. The van der Waals surface area contributed by atoms with Crippen LogP contribution in [0.5, 0.6) is 0 Å². The van der Waals surface area contributed by atoms with Gasteiger partial charge >= 0.3 is 5.69 Å². The molecule has 0 aliphatic heterocycles. The third-order valence-electron chi connectivity index (χ3n) is 3.92. The molecule has 0 amide bonds. The van der Waals surface area contributed by atoms with Crippen LogP contribution in [-0.4, -0.2) is 28.8 Å². The molecule has 0 spiro atoms. The molecular formula is C14H18N6O3. The topological polar surface area (TPSA) is 101 Å². The van der Waals surface area contributed by atoms with Crippen LogP contribution in [-0.2, 0) is 14.1 Å². The van der Waals surface area contributed by atoms with Crippen LogP contribution in [0.25, 0.3) is 11.2 Å². The molecule has 0 aromatic carbocycles. The molecule has 0 aliphatic carbocycles. The quantitative estimate of drug-likeness (QED) is 0.699. The molecule has 3 aromatic heterocycles. The van der Waals surface area contributed by atoms with Crippen LogP contribution in [0.1, 0.15) is 44.4 Å². The lowest BCUT2D eigenvalue weighted by molar-refractivity contribution is 0.342. The van der Waals surface area contributed by atoms with Gasteiger partial charge < -0.3 is 9.09 Å². The van der Waals surface area contributed by atoms with E-state index in [9.17, 15) is 9.59 Å². The van der Waals surface area contributed by atoms with Gasteiger partial charge in [0.25, 0.3) is 5.56 Å². The van der Waals surface area contributed by atoms with Crippen molar-refractivity contribution >= 4 is 11.2 Å². The Labute approximate surface area is 131 Å². The van der Waals surface area contributed by atoms with Gasteiger partial charge in [-0.3, -0.25) is 13.9 Å². The number of rotatable bonds is 3. The Kier molecular flexibility index (Phi) is 3.42. The van der Waals surface area contributed by atoms with E-state index < -0.39 is 11.2 Å². The third-order valence-corrected chi connectivity index (χ3v) is 3.92. The zero-order valence-corrected chi connectivity index (χ0v) is 13.6. The SMILES string of the molecule is CC(C)c1noc([C@H](C)n2cnc3c2c(=O)n(C)c(=O)n3C)n1. The second-order valence-corrected chi connectivity index (χ2v) is 5.85. The van der Waals surface area contributed by atoms with Crippen molar-refractivity contribution in [3.8, 4) is 0 Å². The first-order chi connectivity index (χ1) is 10.8. The lowest BCUT2D eigenvalue weighted by atomic mass is 10.2. The van der Waals surface area contributed by atoms with Gasteiger partial charge in [-0.15, -0.1) is 0 Å². The van der Waals surface area contributed by atoms with Crippen molar-refractivity contribution in [2.24, 2.45) is 14.1 Å². The van der Waals surface area contributed by atoms with Crippen molar-refractivity contribution in [3.05, 3.63) is 38.9 Å². The maximum Gasteiger partial charge on any atom is 0.332 e. The second-order valence-electron chi connectivity index (χ2n) is 5.85. The van der Waals surface area contributed by atoms with Crippen molar-refractivity contribution in [2.45, 2.75) is 32.7 Å². The number of aryl methyl sites for hydroxylation is 1. The van der Waals surface area contributed by atoms with E-state index in [-0.39, 0.29) is 12.0 Å². The summed E-state index contributed by atoms with van der Waals surface area (Å²) in [5.74, 6) is 1.15. The highest BCUT2D eigenvalue weighted by atomic mass is 16.5. The molecule has 0 N–H and O–H groups in total. The van der Waals surface area contributed by atoms with Crippen molar-refractivity contribution in [2.75, 3.05) is 0 Å². The first kappa shape index (κ1) is 15.2. The summed E-state index contributed by atoms with van der Waals surface area (Å²) in [4.78, 5) is 33.0. The van der Waals surface area contributed by atoms with E-state index in [1.807, 2.05) is 20.8 Å². The highest BCUT2D eigenvalue weighted by Crippen LogP contribution is 2.21. The average molecular weight is 318 g/mol. The summed E-state index contributed by atoms with van der Waals surface area (Å²) >= 11 is 0. The number of hydrogen-bond donors (Lipinski definition) is 0. The number of aromatic nitrogens is 6. The molecular weight excluding hydrogens is 300 g/mol. The van der Waals surface area contributed by atoms with Crippen molar-refractivity contribution < 1.29 is 4.52 Å². The molecule has 0 saturated heterocycles. The van der Waals surface area contributed by atoms with Crippen LogP contribution in [0.2, 0.25) is 0 Å². The predicted octanol–water partition coefficient (Wildman–Crippen LogP) is 0.549. The largest absolute Gasteiger partial charge is 0.337 e. The summed E-state index contributed by atoms with van der Waals surface area (Å²) in [6, 6.07) is -0.370. The average Bonchev–Trinajstić information content (AvgIpc) is 3.17. The molecule has 0 unspecified atom stereocenters. The first-order valence-corrected chi connectivity index (χ1v) is 7.29. The van der Waals surface area contributed by atoms with Crippen LogP contribution < -0.4 is 11.2 Å². The first-order valence-electron chi connectivity index (χ1n) is 7.29. The van der Waals surface area contributed by atoms with E-state index in [4.69, 9.17) is 4.52 Å². The van der Waals surface area contributed by atoms with Crippen molar-refractivity contribution in [1.82, 2.24) is 28.8 Å². The molecule has 1 atom stereocenters. The summed E-state index contributed by atoms with van der Waals surface area (Å²) in [7, 11) is 3.02. The van der Waals surface area contributed by atoms with E-state index in [0.29, 0.717) is 22.9 Å². The molecule has 3 rings (SSSR count). The van der Waals surface area contributed by atoms with Crippen LogP contribution >= 0.6 is 0 Å². The van der Waals surface area contributed by atoms with E-state index >= 15 is 0 Å². The minimum atomic E-state index is -0.416. The Bertz CT molecular complexity index is 990. The summed E-state index contributed by atoms with van der Waals surface area (Å²) in [6.07, 6.45) is 1.51. The van der Waals surface area contributed by atoms with E-state index in [2.05, 4.69) is 15.1 Å². The molecule has 9 nitrogen and oxygen atoms in total. The number of nitrogens with zero attached hydrogens (tertiary/aromatic N) is 6. The Morgan fingerprint density at radius 1 is 1.13 bits per heavy atom.